The third-order valence-corrected chi connectivity index (χ3v) is 7.36. The smallest absolute Gasteiger partial charge is 0.263 e. The Hall–Kier alpha value is -5.52. The standard InChI is InChI=1S/C29H19N3O9/c1-13-7-22(33)21(24(13)35)11-30-26(37)17-5-3-15(9-19(17)28(30)39)41-16-4-6-18-20(10-16)29(40)32(27(18)38)12-31-23(34)8-14(2)25(31)36/h3-10,21H,11-12H2,1-2H3. The van der Waals surface area contributed by atoms with E-state index in [9.17, 15) is 38.4 Å². The van der Waals surface area contributed by atoms with E-state index in [1.807, 2.05) is 0 Å². The molecule has 2 aromatic carbocycles. The van der Waals surface area contributed by atoms with Crippen LogP contribution in [0.1, 0.15) is 55.3 Å². The van der Waals surface area contributed by atoms with E-state index in [4.69, 9.17) is 4.74 Å². The Kier molecular flexibility index (Phi) is 5.66. The first-order valence-corrected chi connectivity index (χ1v) is 12.4. The van der Waals surface area contributed by atoms with Crippen LogP contribution >= 0.6 is 0 Å². The summed E-state index contributed by atoms with van der Waals surface area (Å²) in [5.41, 5.74) is 0.660. The largest absolute Gasteiger partial charge is 0.457 e. The molecule has 12 heteroatoms. The lowest BCUT2D eigenvalue weighted by molar-refractivity contribution is -0.138. The maximum atomic E-state index is 13.0. The lowest BCUT2D eigenvalue weighted by Gasteiger charge is -2.21. The van der Waals surface area contributed by atoms with Crippen LogP contribution in [0.25, 0.3) is 0 Å². The molecule has 41 heavy (non-hydrogen) atoms. The maximum Gasteiger partial charge on any atom is 0.263 e. The summed E-state index contributed by atoms with van der Waals surface area (Å²) >= 11 is 0. The fraction of sp³-hybridized carbons (Fsp3) is 0.172. The quantitative estimate of drug-likeness (QED) is 0.383. The van der Waals surface area contributed by atoms with Gasteiger partial charge < -0.3 is 4.74 Å². The van der Waals surface area contributed by atoms with E-state index >= 15 is 0 Å². The summed E-state index contributed by atoms with van der Waals surface area (Å²) in [6, 6.07) is 8.30. The van der Waals surface area contributed by atoms with Crippen LogP contribution in [-0.2, 0) is 19.2 Å². The number of allylic oxidation sites excluding steroid dienone is 2. The third-order valence-electron chi connectivity index (χ3n) is 7.36. The molecule has 0 saturated carbocycles. The number of hydrogen-bond acceptors (Lipinski definition) is 9. The number of nitrogens with zero attached hydrogens (tertiary/aromatic N) is 3. The number of ether oxygens (including phenoxy) is 1. The molecule has 0 saturated heterocycles. The van der Waals surface area contributed by atoms with Gasteiger partial charge in [0.15, 0.2) is 11.6 Å². The van der Waals surface area contributed by atoms with Crippen molar-refractivity contribution >= 4 is 47.0 Å². The third kappa shape index (κ3) is 3.91. The van der Waals surface area contributed by atoms with Gasteiger partial charge in [-0.3, -0.25) is 53.1 Å². The monoisotopic (exact) mass is 553 g/mol. The van der Waals surface area contributed by atoms with Crippen molar-refractivity contribution in [3.05, 3.63) is 82.0 Å². The van der Waals surface area contributed by atoms with Gasteiger partial charge in [0.05, 0.1) is 22.3 Å². The fourth-order valence-corrected chi connectivity index (χ4v) is 5.15. The topological polar surface area (TPSA) is 156 Å². The summed E-state index contributed by atoms with van der Waals surface area (Å²) in [7, 11) is 0. The van der Waals surface area contributed by atoms with Crippen LogP contribution in [0.2, 0.25) is 0 Å². The molecule has 12 nitrogen and oxygen atoms in total. The molecule has 3 heterocycles. The van der Waals surface area contributed by atoms with Gasteiger partial charge in [-0.2, -0.15) is 0 Å². The molecule has 0 fully saturated rings. The minimum atomic E-state index is -1.12. The van der Waals surface area contributed by atoms with Gasteiger partial charge in [-0.15, -0.1) is 0 Å². The second-order valence-electron chi connectivity index (χ2n) is 9.96. The van der Waals surface area contributed by atoms with Gasteiger partial charge in [-0.05, 0) is 61.9 Å². The molecule has 6 rings (SSSR count). The van der Waals surface area contributed by atoms with Crippen molar-refractivity contribution in [3.63, 3.8) is 0 Å². The second-order valence-corrected chi connectivity index (χ2v) is 9.96. The molecule has 0 spiro atoms. The first-order chi connectivity index (χ1) is 19.5. The minimum absolute atomic E-state index is 0.00432. The molecule has 1 aliphatic carbocycles. The molecule has 204 valence electrons. The Labute approximate surface area is 231 Å². The van der Waals surface area contributed by atoms with Crippen LogP contribution in [0, 0.1) is 5.92 Å². The molecular formula is C29H19N3O9. The molecule has 0 aromatic heterocycles. The molecular weight excluding hydrogens is 534 g/mol. The number of amides is 6. The molecule has 1 unspecified atom stereocenters. The lowest BCUT2D eigenvalue weighted by atomic mass is 10.0. The van der Waals surface area contributed by atoms with Crippen molar-refractivity contribution in [2.24, 2.45) is 5.92 Å². The number of benzene rings is 2. The summed E-state index contributed by atoms with van der Waals surface area (Å²) in [5.74, 6) is -5.62. The number of fused-ring (bicyclic) bond motifs is 2. The van der Waals surface area contributed by atoms with Crippen molar-refractivity contribution in [1.82, 2.24) is 14.7 Å². The predicted molar refractivity (Wildman–Crippen MR) is 137 cm³/mol. The Morgan fingerprint density at radius 1 is 0.610 bits per heavy atom. The number of Topliss-reactive ketones (excluding diaryl/α,β-unsaturated/α-hetero) is 1. The maximum absolute atomic E-state index is 13.0. The minimum Gasteiger partial charge on any atom is -0.457 e. The van der Waals surface area contributed by atoms with Crippen molar-refractivity contribution in [3.8, 4) is 11.5 Å². The first kappa shape index (κ1) is 25.7. The zero-order valence-corrected chi connectivity index (χ0v) is 21.6. The molecule has 0 radical (unpaired) electrons. The van der Waals surface area contributed by atoms with Gasteiger partial charge >= 0.3 is 0 Å². The number of rotatable bonds is 6. The SMILES string of the molecule is CC1=CC(=O)C(CN2C(=O)c3ccc(Oc4ccc5c(c4)C(=O)N(CN4C(=O)C=C(C)C4=O)C5=O)cc3C2=O)C1=O. The highest BCUT2D eigenvalue weighted by Gasteiger charge is 2.43. The lowest BCUT2D eigenvalue weighted by Crippen LogP contribution is -2.44. The summed E-state index contributed by atoms with van der Waals surface area (Å²) in [6.45, 7) is 2.07. The Morgan fingerprint density at radius 3 is 1.66 bits per heavy atom. The van der Waals surface area contributed by atoms with E-state index in [-0.39, 0.29) is 51.4 Å². The van der Waals surface area contributed by atoms with Gasteiger partial charge in [0, 0.05) is 18.2 Å². The number of ketones is 2. The van der Waals surface area contributed by atoms with E-state index < -0.39 is 59.6 Å². The molecule has 1 atom stereocenters. The van der Waals surface area contributed by atoms with Crippen molar-refractivity contribution in [2.75, 3.05) is 13.2 Å². The van der Waals surface area contributed by atoms with Gasteiger partial charge in [0.25, 0.3) is 35.4 Å². The Bertz CT molecular complexity index is 1640. The van der Waals surface area contributed by atoms with Crippen molar-refractivity contribution in [2.45, 2.75) is 13.8 Å². The molecule has 2 aromatic rings. The zero-order chi connectivity index (χ0) is 29.3. The molecule has 0 bridgehead atoms. The summed E-state index contributed by atoms with van der Waals surface area (Å²) in [6.07, 6.45) is 2.33. The fourth-order valence-electron chi connectivity index (χ4n) is 5.15. The van der Waals surface area contributed by atoms with Crippen molar-refractivity contribution < 1.29 is 43.1 Å². The molecule has 3 aliphatic heterocycles. The number of imide groups is 3. The summed E-state index contributed by atoms with van der Waals surface area (Å²) in [5, 5.41) is 0. The zero-order valence-electron chi connectivity index (χ0n) is 21.6. The van der Waals surface area contributed by atoms with Crippen LogP contribution in [0.3, 0.4) is 0 Å². The first-order valence-electron chi connectivity index (χ1n) is 12.4. The van der Waals surface area contributed by atoms with Crippen LogP contribution in [0.15, 0.2) is 59.7 Å². The molecule has 6 amide bonds. The average Bonchev–Trinajstić information content (AvgIpc) is 3.52. The van der Waals surface area contributed by atoms with Gasteiger partial charge in [0.2, 0.25) is 0 Å². The molecule has 0 N–H and O–H groups in total. The summed E-state index contributed by atoms with van der Waals surface area (Å²) < 4.78 is 5.82. The van der Waals surface area contributed by atoms with E-state index in [0.29, 0.717) is 0 Å². The van der Waals surface area contributed by atoms with E-state index in [0.717, 1.165) is 20.8 Å². The van der Waals surface area contributed by atoms with E-state index in [1.54, 1.807) is 0 Å². The van der Waals surface area contributed by atoms with E-state index in [2.05, 4.69) is 0 Å². The highest BCUT2D eigenvalue weighted by Crippen LogP contribution is 2.33. The van der Waals surface area contributed by atoms with Crippen LogP contribution in [0.5, 0.6) is 11.5 Å². The Morgan fingerprint density at radius 2 is 1.15 bits per heavy atom. The van der Waals surface area contributed by atoms with Crippen LogP contribution in [0.4, 0.5) is 0 Å². The highest BCUT2D eigenvalue weighted by atomic mass is 16.5. The van der Waals surface area contributed by atoms with Gasteiger partial charge in [-0.25, -0.2) is 0 Å². The molecule has 4 aliphatic rings. The summed E-state index contributed by atoms with van der Waals surface area (Å²) in [4.78, 5) is 103. The average molecular weight is 553 g/mol. The normalized spacial score (nSPS) is 20.0. The van der Waals surface area contributed by atoms with Gasteiger partial charge in [-0.1, -0.05) is 0 Å². The number of hydrogen-bond donors (Lipinski definition) is 0. The predicted octanol–water partition coefficient (Wildman–Crippen LogP) is 1.66. The highest BCUT2D eigenvalue weighted by molar-refractivity contribution is 6.25. The number of carbonyl (C=O) groups excluding carboxylic acids is 8. The Balaban J connectivity index is 1.19. The van der Waals surface area contributed by atoms with Crippen LogP contribution < -0.4 is 4.74 Å². The van der Waals surface area contributed by atoms with E-state index in [1.165, 1.54) is 56.3 Å². The van der Waals surface area contributed by atoms with Crippen molar-refractivity contribution in [1.29, 1.82) is 0 Å². The number of carbonyl (C=O) groups is 8. The van der Waals surface area contributed by atoms with Crippen LogP contribution in [-0.4, -0.2) is 74.9 Å². The second kappa shape index (κ2) is 9.01. The van der Waals surface area contributed by atoms with Gasteiger partial charge in [0.1, 0.15) is 24.1 Å².